The van der Waals surface area contributed by atoms with Gasteiger partial charge >= 0.3 is 0 Å². The Bertz CT molecular complexity index is 5520. The molecule has 0 bridgehead atoms. The third kappa shape index (κ3) is 15.4. The van der Waals surface area contributed by atoms with Gasteiger partial charge in [-0.25, -0.2) is 52.9 Å². The minimum absolute atomic E-state index is 0.0681. The average molecular weight is 1420 g/mol. The molecule has 0 radical (unpaired) electrons. The first-order valence-electron chi connectivity index (χ1n) is 30.7. The number of aryl methyl sites for hydroxylation is 6. The molecule has 1 atom stereocenters. The maximum absolute atomic E-state index is 13.9. The Morgan fingerprint density at radius 2 is 0.838 bits per heavy atom. The number of halogens is 6. The third-order valence-electron chi connectivity index (χ3n) is 16.2. The number of aliphatic hydroxyl groups is 1. The van der Waals surface area contributed by atoms with Crippen molar-refractivity contribution in [2.24, 2.45) is 0 Å². The summed E-state index contributed by atoms with van der Waals surface area (Å²) in [4.78, 5) is 55.1. The van der Waals surface area contributed by atoms with Gasteiger partial charge in [-0.05, 0) is 146 Å². The van der Waals surface area contributed by atoms with Crippen molar-refractivity contribution in [2.75, 3.05) is 0 Å². The summed E-state index contributed by atoms with van der Waals surface area (Å²) in [6.45, 7) is 0. The normalized spacial score (nSPS) is 11.8. The number of carbonyl (C=O) groups is 2. The van der Waals surface area contributed by atoms with Crippen molar-refractivity contribution in [1.82, 2.24) is 42.8 Å². The van der Waals surface area contributed by atoms with E-state index in [1.165, 1.54) is 91.9 Å². The first-order chi connectivity index (χ1) is 47.8. The van der Waals surface area contributed by atoms with Crippen LogP contribution in [0.5, 0.6) is 0 Å². The molecule has 0 spiro atoms. The van der Waals surface area contributed by atoms with E-state index < -0.39 is 31.9 Å². The van der Waals surface area contributed by atoms with E-state index in [0.717, 1.165) is 19.3 Å². The van der Waals surface area contributed by atoms with Crippen LogP contribution in [0.25, 0.3) is 33.1 Å². The Morgan fingerprint density at radius 1 is 0.434 bits per heavy atom. The summed E-state index contributed by atoms with van der Waals surface area (Å²) < 4.78 is 96.8. The van der Waals surface area contributed by atoms with Crippen molar-refractivity contribution in [3.8, 4) is 0 Å². The van der Waals surface area contributed by atoms with Gasteiger partial charge in [0.2, 0.25) is 0 Å². The summed E-state index contributed by atoms with van der Waals surface area (Å²) in [6.07, 6.45) is 15.0. The second-order valence-electron chi connectivity index (χ2n) is 22.7. The second-order valence-corrected chi connectivity index (χ2v) is 27.6. The number of pyridine rings is 6. The fraction of sp³-hybridized carbons (Fsp3) is 0.0933. The first-order valence-corrected chi connectivity index (χ1v) is 34.7. The van der Waals surface area contributed by atoms with Crippen molar-refractivity contribution in [2.45, 2.75) is 54.4 Å². The molecule has 14 aromatic rings. The lowest BCUT2D eigenvalue weighted by molar-refractivity contribution is 0.103. The molecular formula is C75H55Cl3F3N9O7S2. The fourth-order valence-corrected chi connectivity index (χ4v) is 14.2. The minimum Gasteiger partial charge on any atom is -0.384 e. The number of fused-ring (bicyclic) bond motifs is 3. The number of H-pyrrole nitrogens is 1. The van der Waals surface area contributed by atoms with Crippen LogP contribution in [0, 0.1) is 17.5 Å². The van der Waals surface area contributed by atoms with Gasteiger partial charge in [0, 0.05) is 117 Å². The van der Waals surface area contributed by atoms with E-state index in [9.17, 15) is 44.7 Å². The van der Waals surface area contributed by atoms with E-state index in [-0.39, 0.29) is 60.5 Å². The molecule has 0 amide bonds. The standard InChI is InChI=1S/C27H21ClFN3O3S.C27H19ClFN3O3S.C21H15ClFN3O/c2*28-20-14-23-24(17-32(27(23)31-16-20)36(34,35)22-7-2-1-3-8-22)26(33)19-11-13-21(30-15-19)12-10-18-6-4-5-9-25(18)29;22-15-9-17-18(12-26-21(17)25-11-15)20(27)14-6-8-16(24-10-14)7-5-13-3-1-2-4-19(13)23/h1-9,11,13-17,26,33H,10,12H2;1-9,11,13-17H,10,12H2;1-4,6,8-12H,5,7H2,(H,25,26). The number of nitrogens with zero attached hydrogens (tertiary/aromatic N) is 8. The van der Waals surface area contributed by atoms with E-state index >= 15 is 0 Å². The van der Waals surface area contributed by atoms with Crippen molar-refractivity contribution < 1.29 is 44.7 Å². The number of rotatable bonds is 19. The average Bonchev–Trinajstić information content (AvgIpc) is 1.60. The van der Waals surface area contributed by atoms with Crippen LogP contribution in [0.1, 0.15) is 82.8 Å². The van der Waals surface area contributed by atoms with Gasteiger partial charge in [-0.3, -0.25) is 24.5 Å². The van der Waals surface area contributed by atoms with Crippen LogP contribution >= 0.6 is 34.8 Å². The van der Waals surface area contributed by atoms with Crippen LogP contribution in [-0.4, -0.2) is 76.3 Å². The molecule has 0 aliphatic heterocycles. The Hall–Kier alpha value is -10.5. The number of hydrogen-bond acceptors (Lipinski definition) is 13. The fourth-order valence-electron chi connectivity index (χ4n) is 11.0. The van der Waals surface area contributed by atoms with Crippen LogP contribution < -0.4 is 0 Å². The topological polar surface area (TPSA) is 226 Å². The highest BCUT2D eigenvalue weighted by molar-refractivity contribution is 7.90. The van der Waals surface area contributed by atoms with E-state index in [1.807, 2.05) is 6.07 Å². The van der Waals surface area contributed by atoms with Gasteiger partial charge in [-0.15, -0.1) is 0 Å². The van der Waals surface area contributed by atoms with E-state index in [2.05, 4.69) is 34.9 Å². The number of aromatic nitrogens is 9. The highest BCUT2D eigenvalue weighted by Gasteiger charge is 2.28. The highest BCUT2D eigenvalue weighted by atomic mass is 35.5. The predicted octanol–water partition coefficient (Wildman–Crippen LogP) is 15.6. The summed E-state index contributed by atoms with van der Waals surface area (Å²) >= 11 is 18.3. The van der Waals surface area contributed by atoms with Crippen LogP contribution in [0.3, 0.4) is 0 Å². The zero-order chi connectivity index (χ0) is 69.4. The van der Waals surface area contributed by atoms with E-state index in [0.29, 0.717) is 115 Å². The Labute approximate surface area is 581 Å². The van der Waals surface area contributed by atoms with Crippen molar-refractivity contribution >= 4 is 99.5 Å². The maximum atomic E-state index is 13.9. The zero-order valence-electron chi connectivity index (χ0n) is 52.0. The summed E-state index contributed by atoms with van der Waals surface area (Å²) in [6, 6.07) is 51.0. The Kier molecular flexibility index (Phi) is 20.8. The number of aliphatic hydroxyl groups excluding tert-OH is 1. The molecule has 14 rings (SSSR count). The van der Waals surface area contributed by atoms with Gasteiger partial charge < -0.3 is 10.1 Å². The van der Waals surface area contributed by atoms with Crippen LogP contribution in [0.2, 0.25) is 15.1 Å². The molecule has 0 aliphatic rings. The maximum Gasteiger partial charge on any atom is 0.269 e. The number of ketones is 2. The summed E-state index contributed by atoms with van der Waals surface area (Å²) in [5.74, 6) is -1.30. The van der Waals surface area contributed by atoms with E-state index in [1.54, 1.807) is 146 Å². The largest absolute Gasteiger partial charge is 0.384 e. The zero-order valence-corrected chi connectivity index (χ0v) is 55.9. The molecule has 24 heteroatoms. The van der Waals surface area contributed by atoms with Gasteiger partial charge in [0.1, 0.15) is 29.2 Å². The summed E-state index contributed by atoms with van der Waals surface area (Å²) in [5, 5.41) is 13.7. The quantitative estimate of drug-likeness (QED) is 0.0719. The Balaban J connectivity index is 0.000000143. The van der Waals surface area contributed by atoms with Crippen LogP contribution in [-0.2, 0) is 58.6 Å². The highest BCUT2D eigenvalue weighted by Crippen LogP contribution is 2.35. The number of hydrogen-bond donors (Lipinski definition) is 2. The molecule has 0 fully saturated rings. The van der Waals surface area contributed by atoms with Gasteiger partial charge in [-0.2, -0.15) is 0 Å². The lowest BCUT2D eigenvalue weighted by Crippen LogP contribution is -2.12. The molecule has 2 N–H and O–H groups in total. The smallest absolute Gasteiger partial charge is 0.269 e. The van der Waals surface area contributed by atoms with Crippen molar-refractivity contribution in [3.63, 3.8) is 0 Å². The molecular weight excluding hydrogens is 1370 g/mol. The number of carbonyl (C=O) groups excluding carboxylic acids is 2. The lowest BCUT2D eigenvalue weighted by atomic mass is 10.0. The second kappa shape index (κ2) is 30.1. The summed E-state index contributed by atoms with van der Waals surface area (Å²) in [7, 11) is -7.97. The molecule has 0 saturated heterocycles. The van der Waals surface area contributed by atoms with Gasteiger partial charge in [0.05, 0.1) is 30.4 Å². The number of benzene rings is 5. The number of nitrogens with one attached hydrogen (secondary N) is 1. The third-order valence-corrected chi connectivity index (χ3v) is 20.2. The molecule has 0 saturated carbocycles. The molecule has 1 unspecified atom stereocenters. The number of aromatic amines is 1. The van der Waals surface area contributed by atoms with E-state index in [4.69, 9.17) is 34.8 Å². The molecule has 0 aliphatic carbocycles. The summed E-state index contributed by atoms with van der Waals surface area (Å²) in [5.41, 5.74) is 7.18. The van der Waals surface area contributed by atoms with Crippen LogP contribution in [0.15, 0.2) is 254 Å². The van der Waals surface area contributed by atoms with Crippen molar-refractivity contribution in [3.05, 3.63) is 344 Å². The van der Waals surface area contributed by atoms with Gasteiger partial charge in [0.15, 0.2) is 22.9 Å². The van der Waals surface area contributed by atoms with Crippen molar-refractivity contribution in [1.29, 1.82) is 0 Å². The lowest BCUT2D eigenvalue weighted by Gasteiger charge is -2.11. The minimum atomic E-state index is -4.00. The van der Waals surface area contributed by atoms with Gasteiger partial charge in [-0.1, -0.05) is 132 Å². The molecule has 5 aromatic carbocycles. The molecule has 9 heterocycles. The van der Waals surface area contributed by atoms with Crippen LogP contribution in [0.4, 0.5) is 13.2 Å². The SMILES string of the molecule is O=C(c1ccc(CCc2ccccc2F)nc1)c1c[nH]c2ncc(Cl)cc12.O=C(c1ccc(CCc2ccccc2F)nc1)c1cn(S(=O)(=O)c2ccccc2)c2ncc(Cl)cc12.O=S(=O)(c1ccccc1)n1cc(C(O)c2ccc(CCc3ccccc3F)nc2)c2cc(Cl)cnc21. The first kappa shape index (κ1) is 68.4. The molecule has 9 aromatic heterocycles. The molecule has 16 nitrogen and oxygen atoms in total. The monoisotopic (exact) mass is 1420 g/mol. The molecule has 99 heavy (non-hydrogen) atoms. The molecule has 496 valence electrons. The predicted molar refractivity (Wildman–Crippen MR) is 374 cm³/mol. The van der Waals surface area contributed by atoms with Gasteiger partial charge in [0.25, 0.3) is 20.0 Å². The Morgan fingerprint density at radius 3 is 1.29 bits per heavy atom.